The van der Waals surface area contributed by atoms with Crippen LogP contribution in [0.2, 0.25) is 0 Å². The van der Waals surface area contributed by atoms with Crippen LogP contribution in [-0.4, -0.2) is 117 Å². The number of carboxylic acids is 1. The Balaban J connectivity index is 1.21. The minimum atomic E-state index is -1.45. The van der Waals surface area contributed by atoms with Crippen LogP contribution in [-0.2, 0) is 55.9 Å². The highest BCUT2D eigenvalue weighted by Gasteiger charge is 2.41. The van der Waals surface area contributed by atoms with Gasteiger partial charge >= 0.3 is 12.1 Å². The van der Waals surface area contributed by atoms with Gasteiger partial charge in [-0.15, -0.1) is 0 Å². The van der Waals surface area contributed by atoms with Crippen molar-refractivity contribution in [1.82, 2.24) is 36.1 Å². The number of carboxylic acid groups (broad SMARTS) is 1. The van der Waals surface area contributed by atoms with Crippen molar-refractivity contribution in [3.8, 4) is 0 Å². The fraction of sp³-hybridized carbons (Fsp3) is 0.554. The lowest BCUT2D eigenvalue weighted by Crippen LogP contribution is -2.59. The van der Waals surface area contributed by atoms with Crippen LogP contribution in [0.1, 0.15) is 137 Å². The minimum Gasteiger partial charge on any atom is -0.480 e. The highest BCUT2D eigenvalue weighted by Crippen LogP contribution is 2.35. The fourth-order valence-corrected chi connectivity index (χ4v) is 10.5. The van der Waals surface area contributed by atoms with Crippen LogP contribution < -0.4 is 26.6 Å². The number of Topliss-reactive ketones (excluding diaryl/α,β-unsaturated/α-hetero) is 2. The molecule has 6 N–H and O–H groups in total. The normalized spacial score (nSPS) is 18.7. The SMILES string of the molecule is CC(=O)N[C@@H](Cc1ccccc1)C(=O)N[C@@H](CCCNC(C)=C1C(=O)CC(C)(C)CC1=O)C(=O)N1CCC[C@H]1C(=O)N[C@H](CC1CCCCC1)C(=O)N[C@@H](Cc1cn(C(=O)OC(C)(C)C)c2ccccc12)C(=O)O. The molecular formula is C56H75N7O11. The van der Waals surface area contributed by atoms with Gasteiger partial charge in [-0.05, 0) is 88.3 Å². The molecule has 5 atom stereocenters. The average Bonchev–Trinajstić information content (AvgIpc) is 3.97. The van der Waals surface area contributed by atoms with Gasteiger partial charge in [0.2, 0.25) is 29.5 Å². The van der Waals surface area contributed by atoms with E-state index in [-0.39, 0.29) is 81.1 Å². The van der Waals surface area contributed by atoms with Crippen molar-refractivity contribution in [2.24, 2.45) is 11.3 Å². The van der Waals surface area contributed by atoms with Crippen molar-refractivity contribution in [3.05, 3.63) is 83.2 Å². The monoisotopic (exact) mass is 1020 g/mol. The Morgan fingerprint density at radius 2 is 1.39 bits per heavy atom. The van der Waals surface area contributed by atoms with Gasteiger partial charge in [0, 0.05) is 63.0 Å². The van der Waals surface area contributed by atoms with Crippen molar-refractivity contribution in [3.63, 3.8) is 0 Å². The van der Waals surface area contributed by atoms with Gasteiger partial charge in [-0.2, -0.15) is 0 Å². The summed E-state index contributed by atoms with van der Waals surface area (Å²) < 4.78 is 6.94. The van der Waals surface area contributed by atoms with Crippen molar-refractivity contribution in [2.45, 2.75) is 174 Å². The first-order chi connectivity index (χ1) is 35.0. The second-order valence-electron chi connectivity index (χ2n) is 22.1. The lowest BCUT2D eigenvalue weighted by molar-refractivity contribution is -0.144. The second kappa shape index (κ2) is 24.9. The van der Waals surface area contributed by atoms with Crippen LogP contribution in [0.15, 0.2) is 72.1 Å². The third-order valence-corrected chi connectivity index (χ3v) is 14.1. The molecule has 3 fully saturated rings. The number of nitrogens with zero attached hydrogens (tertiary/aromatic N) is 2. The molecule has 3 aromatic rings. The van der Waals surface area contributed by atoms with E-state index in [0.717, 1.165) is 37.7 Å². The number of fused-ring (bicyclic) bond motifs is 1. The van der Waals surface area contributed by atoms with Gasteiger partial charge in [0.15, 0.2) is 11.6 Å². The lowest BCUT2D eigenvalue weighted by Gasteiger charge is -2.32. The maximum absolute atomic E-state index is 14.8. The highest BCUT2D eigenvalue weighted by atomic mass is 16.6. The van der Waals surface area contributed by atoms with Gasteiger partial charge in [0.25, 0.3) is 0 Å². The molecule has 1 saturated heterocycles. The maximum Gasteiger partial charge on any atom is 0.419 e. The number of ketones is 2. The number of aromatic nitrogens is 1. The van der Waals surface area contributed by atoms with E-state index in [9.17, 15) is 48.3 Å². The zero-order valence-corrected chi connectivity index (χ0v) is 44.0. The Kier molecular flexibility index (Phi) is 19.0. The number of allylic oxidation sites excluding steroid dienone is 2. The smallest absolute Gasteiger partial charge is 0.419 e. The molecule has 18 nitrogen and oxygen atoms in total. The van der Waals surface area contributed by atoms with Crippen molar-refractivity contribution >= 4 is 64.1 Å². The summed E-state index contributed by atoms with van der Waals surface area (Å²) in [5.74, 6) is -4.63. The van der Waals surface area contributed by atoms with Gasteiger partial charge in [-0.3, -0.25) is 38.1 Å². The van der Waals surface area contributed by atoms with Gasteiger partial charge in [0.05, 0.1) is 11.1 Å². The van der Waals surface area contributed by atoms with Crippen LogP contribution in [0.25, 0.3) is 10.9 Å². The largest absolute Gasteiger partial charge is 0.480 e. The average molecular weight is 1020 g/mol. The summed E-state index contributed by atoms with van der Waals surface area (Å²) in [6, 6.07) is 10.2. The number of para-hydroxylation sites is 1. The molecule has 3 aliphatic rings. The van der Waals surface area contributed by atoms with Crippen molar-refractivity contribution < 1.29 is 53.0 Å². The first kappa shape index (κ1) is 56.4. The predicted molar refractivity (Wildman–Crippen MR) is 277 cm³/mol. The first-order valence-corrected chi connectivity index (χ1v) is 26.1. The lowest BCUT2D eigenvalue weighted by atomic mass is 9.73. The van der Waals surface area contributed by atoms with E-state index >= 15 is 0 Å². The van der Waals surface area contributed by atoms with Crippen LogP contribution in [0.3, 0.4) is 0 Å². The van der Waals surface area contributed by atoms with Gasteiger partial charge < -0.3 is 41.3 Å². The zero-order chi connectivity index (χ0) is 53.9. The van der Waals surface area contributed by atoms with Crippen LogP contribution in [0.4, 0.5) is 4.79 Å². The van der Waals surface area contributed by atoms with Crippen molar-refractivity contribution in [2.75, 3.05) is 13.1 Å². The van der Waals surface area contributed by atoms with E-state index in [1.54, 1.807) is 52.0 Å². The van der Waals surface area contributed by atoms with E-state index in [0.29, 0.717) is 35.0 Å². The summed E-state index contributed by atoms with van der Waals surface area (Å²) in [6.45, 7) is 12.4. The Morgan fingerprint density at radius 1 is 0.757 bits per heavy atom. The molecule has 400 valence electrons. The number of nitrogens with one attached hydrogen (secondary N) is 5. The number of likely N-dealkylation sites (tertiary alicyclic amines) is 1. The standard InChI is InChI=1S/C56H75N7O11/c1-34(48-46(65)31-56(6,7)32-47(48)66)57-26-16-23-40(59-49(67)41(58-35(2)64)28-36-18-10-8-11-19-36)52(70)62-27-17-25-45(62)51(69)60-42(29-37-20-12-9-13-21-37)50(68)61-43(53(71)72)30-38-33-63(54(73)74-55(3,4)5)44-24-15-14-22-39(38)44/h8,10-11,14-15,18-19,22,24,33,37,40-43,45,57H,9,12-13,16-17,20-21,23,25-32H2,1-7H3,(H,58,64)(H,59,67)(H,60,69)(H,61,68)(H,71,72)/t40-,41-,42+,43-,45-/m0/s1. The third-order valence-electron chi connectivity index (χ3n) is 14.1. The van der Waals surface area contributed by atoms with E-state index in [2.05, 4.69) is 26.6 Å². The summed E-state index contributed by atoms with van der Waals surface area (Å²) >= 11 is 0. The van der Waals surface area contributed by atoms with E-state index in [1.165, 1.54) is 22.6 Å². The molecule has 0 spiro atoms. The topological polar surface area (TPSA) is 251 Å². The van der Waals surface area contributed by atoms with Crippen LogP contribution in [0.5, 0.6) is 0 Å². The number of amides is 5. The number of hydrogen-bond acceptors (Lipinski definition) is 11. The number of carbonyl (C=O) groups is 9. The number of rotatable bonds is 20. The molecule has 74 heavy (non-hydrogen) atoms. The molecule has 2 aromatic carbocycles. The quantitative estimate of drug-likeness (QED) is 0.0445. The van der Waals surface area contributed by atoms with Gasteiger partial charge in [-0.1, -0.05) is 94.5 Å². The van der Waals surface area contributed by atoms with Gasteiger partial charge in [0.1, 0.15) is 35.8 Å². The third kappa shape index (κ3) is 15.4. The first-order valence-electron chi connectivity index (χ1n) is 26.1. The highest BCUT2D eigenvalue weighted by molar-refractivity contribution is 6.22. The Bertz CT molecular complexity index is 2590. The maximum atomic E-state index is 14.8. The molecule has 5 amide bonds. The van der Waals surface area contributed by atoms with E-state index < -0.39 is 82.8 Å². The second-order valence-corrected chi connectivity index (χ2v) is 22.1. The molecule has 0 bridgehead atoms. The molecule has 2 aliphatic carbocycles. The molecule has 0 radical (unpaired) electrons. The molecule has 2 heterocycles. The predicted octanol–water partition coefficient (Wildman–Crippen LogP) is 5.82. The van der Waals surface area contributed by atoms with Crippen LogP contribution in [0, 0.1) is 11.3 Å². The molecular weight excluding hydrogens is 947 g/mol. The number of ether oxygens (including phenoxy) is 1. The Hall–Kier alpha value is -6.85. The van der Waals surface area contributed by atoms with Gasteiger partial charge in [-0.25, -0.2) is 9.59 Å². The molecule has 6 rings (SSSR count). The van der Waals surface area contributed by atoms with Crippen LogP contribution >= 0.6 is 0 Å². The molecule has 2 saturated carbocycles. The molecule has 0 unspecified atom stereocenters. The number of carbonyl (C=O) groups excluding carboxylic acids is 8. The summed E-state index contributed by atoms with van der Waals surface area (Å²) in [4.78, 5) is 124. The van der Waals surface area contributed by atoms with E-state index in [4.69, 9.17) is 4.74 Å². The van der Waals surface area contributed by atoms with E-state index in [1.807, 2.05) is 44.2 Å². The summed E-state index contributed by atoms with van der Waals surface area (Å²) in [5, 5.41) is 25.5. The minimum absolute atomic E-state index is 0.0670. The number of benzene rings is 2. The Morgan fingerprint density at radius 3 is 2.04 bits per heavy atom. The fourth-order valence-electron chi connectivity index (χ4n) is 10.5. The molecule has 1 aromatic heterocycles. The summed E-state index contributed by atoms with van der Waals surface area (Å²) in [6.07, 6.45) is 7.17. The summed E-state index contributed by atoms with van der Waals surface area (Å²) in [7, 11) is 0. The van der Waals surface area contributed by atoms with Crippen molar-refractivity contribution in [1.29, 1.82) is 0 Å². The zero-order valence-electron chi connectivity index (χ0n) is 44.0. The summed E-state index contributed by atoms with van der Waals surface area (Å²) in [5.41, 5.74) is 1.09. The number of aliphatic carboxylic acids is 1. The Labute approximate surface area is 433 Å². The number of hydrogen-bond donors (Lipinski definition) is 6. The molecule has 1 aliphatic heterocycles. The molecule has 18 heteroatoms.